The van der Waals surface area contributed by atoms with Gasteiger partial charge < -0.3 is 135 Å². The van der Waals surface area contributed by atoms with Gasteiger partial charge in [0, 0.05) is 13.3 Å². The first-order chi connectivity index (χ1) is 48.7. The van der Waals surface area contributed by atoms with E-state index in [0.29, 0.717) is 12.8 Å². The van der Waals surface area contributed by atoms with Gasteiger partial charge in [-0.2, -0.15) is 0 Å². The summed E-state index contributed by atoms with van der Waals surface area (Å²) in [4.78, 5) is 26.3. The van der Waals surface area contributed by atoms with Crippen molar-refractivity contribution in [3.63, 3.8) is 0 Å². The minimum Gasteiger partial charge on any atom is -0.394 e. The molecule has 2 amide bonds. The number of hydrogen-bond acceptors (Lipinski definition) is 27. The molecule has 5 saturated heterocycles. The van der Waals surface area contributed by atoms with E-state index in [2.05, 4.69) is 24.5 Å². The molecule has 0 bridgehead atoms. The molecule has 5 rings (SSSR count). The van der Waals surface area contributed by atoms with Crippen molar-refractivity contribution in [1.82, 2.24) is 10.6 Å². The van der Waals surface area contributed by atoms with Gasteiger partial charge in [0.15, 0.2) is 31.5 Å². The van der Waals surface area contributed by atoms with Crippen LogP contribution in [-0.4, -0.2) is 287 Å². The minimum atomic E-state index is -2.14. The van der Waals surface area contributed by atoms with Crippen LogP contribution < -0.4 is 10.6 Å². The predicted molar refractivity (Wildman–Crippen MR) is 367 cm³/mol. The van der Waals surface area contributed by atoms with Crippen molar-refractivity contribution < 1.29 is 134 Å². The predicted octanol–water partition coefficient (Wildman–Crippen LogP) is 2.20. The fourth-order valence-corrected chi connectivity index (χ4v) is 13.8. The maximum Gasteiger partial charge on any atom is 0.220 e. The van der Waals surface area contributed by atoms with E-state index in [9.17, 15) is 86.2 Å². The van der Waals surface area contributed by atoms with E-state index >= 15 is 0 Å². The van der Waals surface area contributed by atoms with E-state index in [-0.39, 0.29) is 12.3 Å². The Kier molecular flexibility index (Phi) is 43.9. The van der Waals surface area contributed by atoms with Crippen molar-refractivity contribution in [2.24, 2.45) is 0 Å². The molecule has 29 heteroatoms. The van der Waals surface area contributed by atoms with Crippen LogP contribution in [0.15, 0.2) is 12.2 Å². The van der Waals surface area contributed by atoms with Crippen LogP contribution >= 0.6 is 0 Å². The van der Waals surface area contributed by atoms with E-state index in [1.54, 1.807) is 6.08 Å². The number of rotatable bonds is 51. The minimum absolute atomic E-state index is 0.197. The summed E-state index contributed by atoms with van der Waals surface area (Å²) in [5, 5.41) is 171. The smallest absolute Gasteiger partial charge is 0.220 e. The molecule has 592 valence electrons. The van der Waals surface area contributed by atoms with E-state index in [1.165, 1.54) is 148 Å². The highest BCUT2D eigenvalue weighted by molar-refractivity contribution is 5.76. The Morgan fingerprint density at radius 1 is 0.406 bits per heavy atom. The zero-order chi connectivity index (χ0) is 73.8. The van der Waals surface area contributed by atoms with Gasteiger partial charge in [0.05, 0.1) is 51.3 Å². The first-order valence-corrected chi connectivity index (χ1v) is 38.3. The van der Waals surface area contributed by atoms with Crippen LogP contribution in [-0.2, 0) is 57.0 Å². The standard InChI is InChI=1S/C72H132N2O27/c1-5-7-9-11-13-15-17-19-20-21-22-23-24-26-28-30-32-34-36-38-52(81)74-46(47(80)37-35-33-31-29-27-25-18-16-14-12-10-8-6-2)43-92-69-62(90)60(88)65(51(42-78)97-69)98-71-63(91)66(56(84)49(40-76)94-71)100-68-53(73-45(4)79)57(85)64(50(41-77)96-68)99-72-67(59(87)55(83)48(39-75)95-72)101-70-61(89)58(86)54(82)44(3)93-70/h35,37,44,46-51,53-72,75-78,80,82-91H,5-34,36,38-43H2,1-4H3,(H,73,79)(H,74,81)/b37-35+/t44?,46-,47+,48?,49?,50?,51?,53?,54+,55-,56-,57+,58?,59-,60+,61-,62?,63?,64+,65+,66-,67?,68-,69+,70+,71-,72-/m0/s1. The van der Waals surface area contributed by atoms with Crippen molar-refractivity contribution in [2.45, 2.75) is 399 Å². The molecule has 0 aliphatic carbocycles. The lowest BCUT2D eigenvalue weighted by Gasteiger charge is -2.50. The molecular weight excluding hydrogens is 1320 g/mol. The summed E-state index contributed by atoms with van der Waals surface area (Å²) in [6, 6.07) is -2.80. The van der Waals surface area contributed by atoms with Gasteiger partial charge in [-0.15, -0.1) is 0 Å². The zero-order valence-corrected chi connectivity index (χ0v) is 60.5. The number of carbonyl (C=O) groups is 2. The Balaban J connectivity index is 1.19. The molecule has 0 aromatic rings. The quantitative estimate of drug-likeness (QED) is 0.0306. The lowest BCUT2D eigenvalue weighted by atomic mass is 9.94. The van der Waals surface area contributed by atoms with Crippen LogP contribution in [0.2, 0.25) is 0 Å². The summed E-state index contributed by atoms with van der Waals surface area (Å²) in [5.74, 6) is -1.14. The molecule has 10 unspecified atom stereocenters. The second kappa shape index (κ2) is 49.6. The number of ether oxygens (including phenoxy) is 10. The molecule has 0 saturated carbocycles. The third-order valence-corrected chi connectivity index (χ3v) is 20.2. The van der Waals surface area contributed by atoms with E-state index < -0.39 is 205 Å². The maximum atomic E-state index is 13.5. The Hall–Kier alpha value is -2.32. The molecule has 5 aliphatic rings. The Bertz CT molecular complexity index is 2200. The number of unbranched alkanes of at least 4 members (excludes halogenated alkanes) is 29. The lowest BCUT2D eigenvalue weighted by Crippen LogP contribution is -2.70. The van der Waals surface area contributed by atoms with Crippen LogP contribution in [0.1, 0.15) is 233 Å². The van der Waals surface area contributed by atoms with Crippen LogP contribution in [0, 0.1) is 0 Å². The molecule has 0 spiro atoms. The van der Waals surface area contributed by atoms with Crippen molar-refractivity contribution in [3.05, 3.63) is 12.2 Å². The van der Waals surface area contributed by atoms with E-state index in [0.717, 1.165) is 51.9 Å². The topological polar surface area (TPSA) is 454 Å². The highest BCUT2D eigenvalue weighted by Gasteiger charge is 2.57. The van der Waals surface area contributed by atoms with Crippen LogP contribution in [0.5, 0.6) is 0 Å². The molecule has 17 N–H and O–H groups in total. The van der Waals surface area contributed by atoms with Crippen LogP contribution in [0.3, 0.4) is 0 Å². The van der Waals surface area contributed by atoms with Gasteiger partial charge in [0.2, 0.25) is 11.8 Å². The molecule has 5 aliphatic heterocycles. The molecule has 0 aromatic heterocycles. The number of aliphatic hydroxyl groups excluding tert-OH is 15. The summed E-state index contributed by atoms with van der Waals surface area (Å²) in [7, 11) is 0. The zero-order valence-electron chi connectivity index (χ0n) is 60.5. The average Bonchev–Trinajstić information content (AvgIpc) is 0.777. The molecule has 0 aromatic carbocycles. The SMILES string of the molecule is CCCCCCCCCCCCC/C=C/[C@@H](O)[C@H](CO[C@@H]1OC(CO)[C@@H](O[C@@H]2OC(CO)[C@H](O)[C@H](O[C@@H]3OC(CO)[C@@H](O[C@@H]4OC(CO)[C@H](O)[C@H](O)C4O[C@H]4OC(C)[C@@H](O)C(O)[C@@H]4O)[C@H](O)C3NC(C)=O)C2O)[C@H](O)C1O)NC(=O)CCCCCCCCCCCCCCCCCCCCC. The van der Waals surface area contributed by atoms with Gasteiger partial charge in [-0.05, 0) is 26.2 Å². The van der Waals surface area contributed by atoms with Crippen molar-refractivity contribution >= 4 is 11.8 Å². The van der Waals surface area contributed by atoms with Gasteiger partial charge in [0.1, 0.15) is 116 Å². The van der Waals surface area contributed by atoms with Crippen LogP contribution in [0.4, 0.5) is 0 Å². The fraction of sp³-hybridized carbons (Fsp3) is 0.944. The Morgan fingerprint density at radius 2 is 0.802 bits per heavy atom. The summed E-state index contributed by atoms with van der Waals surface area (Å²) >= 11 is 0. The summed E-state index contributed by atoms with van der Waals surface area (Å²) in [6.07, 6.45) is -4.38. The maximum absolute atomic E-state index is 13.5. The molecule has 5 heterocycles. The average molecular weight is 1460 g/mol. The fourth-order valence-electron chi connectivity index (χ4n) is 13.8. The second-order valence-corrected chi connectivity index (χ2v) is 28.5. The number of nitrogens with one attached hydrogen (secondary N) is 2. The molecule has 0 radical (unpaired) electrons. The number of hydrogen-bond donors (Lipinski definition) is 17. The third kappa shape index (κ3) is 29.3. The summed E-state index contributed by atoms with van der Waals surface area (Å²) in [5.41, 5.74) is 0. The number of aliphatic hydroxyl groups is 15. The van der Waals surface area contributed by atoms with Gasteiger partial charge in [-0.1, -0.05) is 206 Å². The number of allylic oxidation sites excluding steroid dienone is 1. The molecule has 29 nitrogen and oxygen atoms in total. The molecule has 27 atom stereocenters. The highest BCUT2D eigenvalue weighted by Crippen LogP contribution is 2.37. The first kappa shape index (κ1) is 89.3. The molecular formula is C72H132N2O27. The molecule has 5 fully saturated rings. The van der Waals surface area contributed by atoms with E-state index in [1.807, 2.05) is 6.08 Å². The van der Waals surface area contributed by atoms with Gasteiger partial charge in [-0.3, -0.25) is 9.59 Å². The van der Waals surface area contributed by atoms with Gasteiger partial charge >= 0.3 is 0 Å². The third-order valence-electron chi connectivity index (χ3n) is 20.2. The second-order valence-electron chi connectivity index (χ2n) is 28.5. The van der Waals surface area contributed by atoms with Gasteiger partial charge in [-0.25, -0.2) is 0 Å². The van der Waals surface area contributed by atoms with Crippen molar-refractivity contribution in [2.75, 3.05) is 33.0 Å². The summed E-state index contributed by atoms with van der Waals surface area (Å²) < 4.78 is 59.0. The van der Waals surface area contributed by atoms with Crippen LogP contribution in [0.25, 0.3) is 0 Å². The van der Waals surface area contributed by atoms with E-state index in [4.69, 9.17) is 47.4 Å². The van der Waals surface area contributed by atoms with Crippen molar-refractivity contribution in [1.29, 1.82) is 0 Å². The first-order valence-electron chi connectivity index (χ1n) is 38.3. The largest absolute Gasteiger partial charge is 0.394 e. The number of carbonyl (C=O) groups excluding carboxylic acids is 2. The Labute approximate surface area is 597 Å². The monoisotopic (exact) mass is 1460 g/mol. The number of amides is 2. The summed E-state index contributed by atoms with van der Waals surface area (Å²) in [6.45, 7) is 2.66. The van der Waals surface area contributed by atoms with Gasteiger partial charge in [0.25, 0.3) is 0 Å². The molecule has 101 heavy (non-hydrogen) atoms. The van der Waals surface area contributed by atoms with Crippen molar-refractivity contribution in [3.8, 4) is 0 Å². The normalized spacial score (nSPS) is 35.4. The highest BCUT2D eigenvalue weighted by atomic mass is 16.8. The Morgan fingerprint density at radius 3 is 1.31 bits per heavy atom. The lowest BCUT2D eigenvalue weighted by molar-refractivity contribution is -0.391.